The molecule has 0 nitrogen and oxygen atoms in total. The smallest absolute Gasteiger partial charge is 0.0326 e. The standard InChI is InChI=1S/C22H42/c1-4-5-6-7-8-9-10-11-12-13-14-15-16-17-18-19-20-21-22(2)3/h11-12H,2,4-10,13-21H2,1,3H3/b12-11-. The van der Waals surface area contributed by atoms with Crippen LogP contribution in [0.4, 0.5) is 0 Å². The van der Waals surface area contributed by atoms with Crippen LogP contribution in [-0.4, -0.2) is 0 Å². The van der Waals surface area contributed by atoms with Crippen molar-refractivity contribution in [3.8, 4) is 0 Å². The van der Waals surface area contributed by atoms with E-state index in [0.717, 1.165) is 0 Å². The van der Waals surface area contributed by atoms with Crippen molar-refractivity contribution in [2.45, 2.75) is 117 Å². The highest BCUT2D eigenvalue weighted by Crippen LogP contribution is 2.12. The highest BCUT2D eigenvalue weighted by Gasteiger charge is 1.92. The average Bonchev–Trinajstić information content (AvgIpc) is 2.50. The van der Waals surface area contributed by atoms with Gasteiger partial charge in [0.1, 0.15) is 0 Å². The molecule has 0 rings (SSSR count). The minimum Gasteiger partial charge on any atom is -0.100 e. The van der Waals surface area contributed by atoms with E-state index in [1.54, 1.807) is 0 Å². The lowest BCUT2D eigenvalue weighted by atomic mass is 10.1. The van der Waals surface area contributed by atoms with Crippen LogP contribution in [0.2, 0.25) is 0 Å². The van der Waals surface area contributed by atoms with E-state index in [-0.39, 0.29) is 0 Å². The van der Waals surface area contributed by atoms with Crippen LogP contribution in [0.5, 0.6) is 0 Å². The molecule has 0 bridgehead atoms. The molecule has 0 aliphatic heterocycles. The fraction of sp³-hybridized carbons (Fsp3) is 0.818. The van der Waals surface area contributed by atoms with Crippen molar-refractivity contribution in [2.24, 2.45) is 0 Å². The predicted octanol–water partition coefficient (Wildman–Crippen LogP) is 8.38. The number of hydrogen-bond donors (Lipinski definition) is 0. The van der Waals surface area contributed by atoms with Crippen molar-refractivity contribution in [3.05, 3.63) is 24.3 Å². The van der Waals surface area contributed by atoms with E-state index in [4.69, 9.17) is 0 Å². The van der Waals surface area contributed by atoms with E-state index in [1.807, 2.05) is 0 Å². The van der Waals surface area contributed by atoms with E-state index in [9.17, 15) is 0 Å². The summed E-state index contributed by atoms with van der Waals surface area (Å²) in [6, 6.07) is 0. The summed E-state index contributed by atoms with van der Waals surface area (Å²) in [4.78, 5) is 0. The molecular weight excluding hydrogens is 264 g/mol. The van der Waals surface area contributed by atoms with Crippen LogP contribution in [0.1, 0.15) is 117 Å². The SMILES string of the molecule is C=C(C)CCCCCCCCC/C=C\CCCCCCCC. The molecule has 0 saturated heterocycles. The quantitative estimate of drug-likeness (QED) is 0.187. The van der Waals surface area contributed by atoms with Gasteiger partial charge in [0.2, 0.25) is 0 Å². The van der Waals surface area contributed by atoms with E-state index in [1.165, 1.54) is 108 Å². The molecule has 0 amide bonds. The van der Waals surface area contributed by atoms with Crippen LogP contribution >= 0.6 is 0 Å². The Balaban J connectivity index is 3.06. The molecule has 0 aliphatic rings. The number of hydrogen-bond acceptors (Lipinski definition) is 0. The fourth-order valence-electron chi connectivity index (χ4n) is 2.85. The molecule has 0 atom stereocenters. The minimum absolute atomic E-state index is 1.23. The van der Waals surface area contributed by atoms with Crippen molar-refractivity contribution >= 4 is 0 Å². The Hall–Kier alpha value is -0.520. The third kappa shape index (κ3) is 19.5. The van der Waals surface area contributed by atoms with E-state index in [2.05, 4.69) is 32.6 Å². The molecule has 0 unspecified atom stereocenters. The van der Waals surface area contributed by atoms with Gasteiger partial charge in [0.25, 0.3) is 0 Å². The van der Waals surface area contributed by atoms with E-state index >= 15 is 0 Å². The zero-order valence-electron chi connectivity index (χ0n) is 15.7. The molecule has 0 heterocycles. The highest BCUT2D eigenvalue weighted by molar-refractivity contribution is 4.87. The van der Waals surface area contributed by atoms with Gasteiger partial charge in [0.15, 0.2) is 0 Å². The van der Waals surface area contributed by atoms with Gasteiger partial charge in [0.05, 0.1) is 0 Å². The minimum atomic E-state index is 1.23. The van der Waals surface area contributed by atoms with Crippen LogP contribution in [0, 0.1) is 0 Å². The lowest BCUT2D eigenvalue weighted by molar-refractivity contribution is 0.580. The van der Waals surface area contributed by atoms with E-state index < -0.39 is 0 Å². The molecule has 0 heteroatoms. The summed E-state index contributed by atoms with van der Waals surface area (Å²) in [5, 5.41) is 0. The van der Waals surface area contributed by atoms with Gasteiger partial charge in [-0.25, -0.2) is 0 Å². The Morgan fingerprint density at radius 2 is 1.05 bits per heavy atom. The molecule has 0 fully saturated rings. The predicted molar refractivity (Wildman–Crippen MR) is 104 cm³/mol. The normalized spacial score (nSPS) is 11.4. The lowest BCUT2D eigenvalue weighted by Gasteiger charge is -2.01. The van der Waals surface area contributed by atoms with Crippen molar-refractivity contribution in [2.75, 3.05) is 0 Å². The maximum absolute atomic E-state index is 3.96. The first-order valence-electron chi connectivity index (χ1n) is 10.1. The zero-order chi connectivity index (χ0) is 16.3. The number of rotatable bonds is 17. The molecular formula is C22H42. The molecule has 0 aromatic heterocycles. The van der Waals surface area contributed by atoms with E-state index in [0.29, 0.717) is 0 Å². The topological polar surface area (TPSA) is 0 Å². The van der Waals surface area contributed by atoms with Crippen molar-refractivity contribution in [3.63, 3.8) is 0 Å². The summed E-state index contributed by atoms with van der Waals surface area (Å²) in [5.74, 6) is 0. The molecule has 0 saturated carbocycles. The highest BCUT2D eigenvalue weighted by atomic mass is 14.0. The molecule has 0 N–H and O–H groups in total. The molecule has 0 aromatic rings. The molecule has 0 aromatic carbocycles. The second-order valence-electron chi connectivity index (χ2n) is 7.00. The van der Waals surface area contributed by atoms with Crippen LogP contribution < -0.4 is 0 Å². The monoisotopic (exact) mass is 306 g/mol. The summed E-state index contributed by atoms with van der Waals surface area (Å²) in [5.41, 5.74) is 1.34. The van der Waals surface area contributed by atoms with Crippen LogP contribution in [-0.2, 0) is 0 Å². The molecule has 22 heavy (non-hydrogen) atoms. The first kappa shape index (κ1) is 21.5. The average molecular weight is 307 g/mol. The molecule has 0 spiro atoms. The summed E-state index contributed by atoms with van der Waals surface area (Å²) in [7, 11) is 0. The Morgan fingerprint density at radius 1 is 0.636 bits per heavy atom. The van der Waals surface area contributed by atoms with Crippen molar-refractivity contribution in [1.29, 1.82) is 0 Å². The summed E-state index contributed by atoms with van der Waals surface area (Å²) < 4.78 is 0. The van der Waals surface area contributed by atoms with Crippen LogP contribution in [0.15, 0.2) is 24.3 Å². The van der Waals surface area contributed by atoms with Gasteiger partial charge in [-0.1, -0.05) is 88.9 Å². The van der Waals surface area contributed by atoms with Crippen LogP contribution in [0.25, 0.3) is 0 Å². The van der Waals surface area contributed by atoms with Gasteiger partial charge in [-0.2, -0.15) is 0 Å². The molecule has 0 radical (unpaired) electrons. The van der Waals surface area contributed by atoms with Gasteiger partial charge in [-0.15, -0.1) is 6.58 Å². The second kappa shape index (κ2) is 18.5. The lowest BCUT2D eigenvalue weighted by Crippen LogP contribution is -1.81. The summed E-state index contributed by atoms with van der Waals surface area (Å²) in [6.45, 7) is 8.38. The zero-order valence-corrected chi connectivity index (χ0v) is 15.7. The van der Waals surface area contributed by atoms with Gasteiger partial charge < -0.3 is 0 Å². The second-order valence-corrected chi connectivity index (χ2v) is 7.00. The third-order valence-corrected chi connectivity index (χ3v) is 4.37. The molecule has 130 valence electrons. The maximum atomic E-state index is 3.96. The van der Waals surface area contributed by atoms with Crippen LogP contribution in [0.3, 0.4) is 0 Å². The summed E-state index contributed by atoms with van der Waals surface area (Å²) >= 11 is 0. The Labute approximate surface area is 141 Å². The van der Waals surface area contributed by atoms with Gasteiger partial charge >= 0.3 is 0 Å². The Morgan fingerprint density at radius 3 is 1.50 bits per heavy atom. The maximum Gasteiger partial charge on any atom is -0.0326 e. The first-order valence-corrected chi connectivity index (χ1v) is 10.1. The fourth-order valence-corrected chi connectivity index (χ4v) is 2.85. The Bertz CT molecular complexity index is 249. The summed E-state index contributed by atoms with van der Waals surface area (Å²) in [6.07, 6.45) is 26.9. The van der Waals surface area contributed by atoms with Crippen molar-refractivity contribution < 1.29 is 0 Å². The van der Waals surface area contributed by atoms with Crippen molar-refractivity contribution in [1.82, 2.24) is 0 Å². The third-order valence-electron chi connectivity index (χ3n) is 4.37. The largest absolute Gasteiger partial charge is 0.100 e. The first-order chi connectivity index (χ1) is 10.8. The van der Waals surface area contributed by atoms with Gasteiger partial charge in [-0.3, -0.25) is 0 Å². The number of allylic oxidation sites excluding steroid dienone is 3. The molecule has 0 aliphatic carbocycles. The number of unbranched alkanes of at least 4 members (excludes halogenated alkanes) is 13. The Kier molecular flexibility index (Phi) is 18.1. The van der Waals surface area contributed by atoms with Gasteiger partial charge in [0, 0.05) is 0 Å². The van der Waals surface area contributed by atoms with Gasteiger partial charge in [-0.05, 0) is 45.4 Å².